The number of Topliss-reactive ketones (excluding diaryl/α,β-unsaturated/α-hetero) is 1. The Bertz CT molecular complexity index is 280. The van der Waals surface area contributed by atoms with Crippen molar-refractivity contribution in [3.63, 3.8) is 0 Å². The summed E-state index contributed by atoms with van der Waals surface area (Å²) in [5.74, 6) is -0.511. The summed E-state index contributed by atoms with van der Waals surface area (Å²) >= 11 is 0. The lowest BCUT2D eigenvalue weighted by atomic mass is 9.96. The zero-order valence-electron chi connectivity index (χ0n) is 6.30. The second-order valence-electron chi connectivity index (χ2n) is 2.90. The van der Waals surface area contributed by atoms with E-state index in [0.29, 0.717) is 0 Å². The van der Waals surface area contributed by atoms with Crippen LogP contribution in [0.3, 0.4) is 0 Å². The van der Waals surface area contributed by atoms with Crippen molar-refractivity contribution >= 4 is 15.9 Å². The van der Waals surface area contributed by atoms with Crippen LogP contribution in [-0.4, -0.2) is 35.2 Å². The highest BCUT2D eigenvalue weighted by Crippen LogP contribution is 2.20. The van der Waals surface area contributed by atoms with E-state index in [1.807, 2.05) is 0 Å². The topological polar surface area (TPSA) is 91.7 Å². The van der Waals surface area contributed by atoms with Gasteiger partial charge in [0.2, 0.25) is 0 Å². The summed E-state index contributed by atoms with van der Waals surface area (Å²) in [6, 6.07) is 0. The summed E-state index contributed by atoms with van der Waals surface area (Å²) in [6.45, 7) is 0. The van der Waals surface area contributed by atoms with E-state index in [0.717, 1.165) is 0 Å². The van der Waals surface area contributed by atoms with Gasteiger partial charge in [0.05, 0.1) is 6.10 Å². The highest BCUT2D eigenvalue weighted by atomic mass is 32.2. The molecule has 0 amide bonds. The second-order valence-corrected chi connectivity index (χ2v) is 4.50. The van der Waals surface area contributed by atoms with Crippen LogP contribution in [0.25, 0.3) is 0 Å². The maximum Gasteiger partial charge on any atom is 0.275 e. The van der Waals surface area contributed by atoms with Gasteiger partial charge in [0, 0.05) is 6.42 Å². The molecule has 0 radical (unpaired) electrons. The van der Waals surface area contributed by atoms with Crippen molar-refractivity contribution in [2.45, 2.75) is 30.6 Å². The largest absolute Gasteiger partial charge is 0.393 e. The smallest absolute Gasteiger partial charge is 0.275 e. The SMILES string of the molecule is O=C1CCC(O)CC1S(=O)(=O)O. The molecule has 2 N–H and O–H groups in total. The van der Waals surface area contributed by atoms with Crippen molar-refractivity contribution in [2.75, 3.05) is 0 Å². The maximum atomic E-state index is 10.9. The lowest BCUT2D eigenvalue weighted by Gasteiger charge is -2.21. The molecule has 0 bridgehead atoms. The fraction of sp³-hybridized carbons (Fsp3) is 0.833. The Hall–Kier alpha value is -0.460. The van der Waals surface area contributed by atoms with Crippen LogP contribution in [-0.2, 0) is 14.9 Å². The zero-order chi connectivity index (χ0) is 9.35. The number of hydrogen-bond donors (Lipinski definition) is 2. The minimum atomic E-state index is -4.32. The number of aliphatic hydroxyl groups excluding tert-OH is 1. The molecule has 0 aromatic heterocycles. The standard InChI is InChI=1S/C6H10O5S/c7-4-1-2-5(8)6(3-4)12(9,10)11/h4,6-7H,1-3H2,(H,9,10,11). The molecule has 1 saturated carbocycles. The Morgan fingerprint density at radius 1 is 1.42 bits per heavy atom. The van der Waals surface area contributed by atoms with E-state index in [1.165, 1.54) is 0 Å². The van der Waals surface area contributed by atoms with Gasteiger partial charge in [0.1, 0.15) is 5.25 Å². The second kappa shape index (κ2) is 3.12. The van der Waals surface area contributed by atoms with Crippen molar-refractivity contribution < 1.29 is 22.9 Å². The van der Waals surface area contributed by atoms with Gasteiger partial charge in [0.25, 0.3) is 10.1 Å². The molecule has 1 aliphatic rings. The summed E-state index contributed by atoms with van der Waals surface area (Å²) in [6.07, 6.45) is -0.677. The summed E-state index contributed by atoms with van der Waals surface area (Å²) in [4.78, 5) is 10.9. The van der Waals surface area contributed by atoms with Gasteiger partial charge in [-0.25, -0.2) is 0 Å². The molecule has 0 spiro atoms. The summed E-state index contributed by atoms with van der Waals surface area (Å²) in [7, 11) is -4.32. The van der Waals surface area contributed by atoms with Crippen molar-refractivity contribution in [3.8, 4) is 0 Å². The first kappa shape index (κ1) is 9.63. The average Bonchev–Trinajstić information content (AvgIpc) is 1.92. The number of carbonyl (C=O) groups excluding carboxylic acids is 1. The quantitative estimate of drug-likeness (QED) is 0.541. The average molecular weight is 194 g/mol. The van der Waals surface area contributed by atoms with Crippen LogP contribution in [0, 0.1) is 0 Å². The Morgan fingerprint density at radius 3 is 2.42 bits per heavy atom. The number of rotatable bonds is 1. The van der Waals surface area contributed by atoms with E-state index in [9.17, 15) is 13.2 Å². The third kappa shape index (κ3) is 2.02. The van der Waals surface area contributed by atoms with Gasteiger partial charge in [-0.3, -0.25) is 9.35 Å². The number of carbonyl (C=O) groups is 1. The van der Waals surface area contributed by atoms with E-state index in [-0.39, 0.29) is 19.3 Å². The number of hydrogen-bond acceptors (Lipinski definition) is 4. The third-order valence-corrected chi connectivity index (χ3v) is 3.10. The fourth-order valence-electron chi connectivity index (χ4n) is 1.25. The Balaban J connectivity index is 2.82. The van der Waals surface area contributed by atoms with E-state index >= 15 is 0 Å². The van der Waals surface area contributed by atoms with Crippen LogP contribution < -0.4 is 0 Å². The minimum Gasteiger partial charge on any atom is -0.393 e. The van der Waals surface area contributed by atoms with E-state index in [1.54, 1.807) is 0 Å². The summed E-state index contributed by atoms with van der Waals surface area (Å²) < 4.78 is 29.7. The van der Waals surface area contributed by atoms with Gasteiger partial charge in [-0.05, 0) is 12.8 Å². The minimum absolute atomic E-state index is 0.0195. The molecule has 1 aliphatic carbocycles. The van der Waals surface area contributed by atoms with Crippen LogP contribution >= 0.6 is 0 Å². The molecule has 0 heterocycles. The van der Waals surface area contributed by atoms with Crippen molar-refractivity contribution in [2.24, 2.45) is 0 Å². The molecule has 12 heavy (non-hydrogen) atoms. The molecule has 1 rings (SSSR count). The lowest BCUT2D eigenvalue weighted by molar-refractivity contribution is -0.121. The van der Waals surface area contributed by atoms with Crippen molar-refractivity contribution in [1.29, 1.82) is 0 Å². The van der Waals surface area contributed by atoms with Crippen molar-refractivity contribution in [1.82, 2.24) is 0 Å². The van der Waals surface area contributed by atoms with Gasteiger partial charge in [-0.1, -0.05) is 0 Å². The van der Waals surface area contributed by atoms with Gasteiger partial charge in [-0.2, -0.15) is 8.42 Å². The Morgan fingerprint density at radius 2 is 2.00 bits per heavy atom. The molecule has 6 heteroatoms. The summed E-state index contributed by atoms with van der Waals surface area (Å²) in [5.41, 5.74) is 0. The predicted octanol–water partition coefficient (Wildman–Crippen LogP) is -0.643. The maximum absolute atomic E-state index is 10.9. The monoisotopic (exact) mass is 194 g/mol. The molecule has 70 valence electrons. The van der Waals surface area contributed by atoms with Gasteiger partial charge >= 0.3 is 0 Å². The van der Waals surface area contributed by atoms with Crippen LogP contribution in [0.5, 0.6) is 0 Å². The van der Waals surface area contributed by atoms with E-state index in [4.69, 9.17) is 9.66 Å². The Labute approximate surface area is 70.1 Å². The molecule has 1 fully saturated rings. The molecule has 2 unspecified atom stereocenters. The van der Waals surface area contributed by atoms with E-state index < -0.39 is 27.3 Å². The van der Waals surface area contributed by atoms with Gasteiger partial charge in [-0.15, -0.1) is 0 Å². The lowest BCUT2D eigenvalue weighted by Crippen LogP contribution is -2.38. The van der Waals surface area contributed by atoms with Gasteiger partial charge in [0.15, 0.2) is 5.78 Å². The predicted molar refractivity (Wildman–Crippen MR) is 40.2 cm³/mol. The Kier molecular flexibility index (Phi) is 2.50. The number of aliphatic hydroxyl groups is 1. The first-order valence-electron chi connectivity index (χ1n) is 3.58. The van der Waals surface area contributed by atoms with Crippen LogP contribution in [0.2, 0.25) is 0 Å². The first-order chi connectivity index (χ1) is 5.41. The molecular weight excluding hydrogens is 184 g/mol. The molecule has 0 saturated heterocycles. The summed E-state index contributed by atoms with van der Waals surface area (Å²) in [5, 5.41) is 7.62. The van der Waals surface area contributed by atoms with E-state index in [2.05, 4.69) is 0 Å². The molecule has 2 atom stereocenters. The van der Waals surface area contributed by atoms with Crippen LogP contribution in [0.1, 0.15) is 19.3 Å². The molecule has 5 nitrogen and oxygen atoms in total. The normalized spacial score (nSPS) is 32.0. The first-order valence-corrected chi connectivity index (χ1v) is 5.08. The van der Waals surface area contributed by atoms with Crippen LogP contribution in [0.4, 0.5) is 0 Å². The molecular formula is C6H10O5S. The van der Waals surface area contributed by atoms with Crippen molar-refractivity contribution in [3.05, 3.63) is 0 Å². The molecule has 0 aromatic rings. The fourth-order valence-corrected chi connectivity index (χ4v) is 2.17. The highest BCUT2D eigenvalue weighted by molar-refractivity contribution is 7.87. The highest BCUT2D eigenvalue weighted by Gasteiger charge is 2.36. The molecule has 0 aromatic carbocycles. The van der Waals surface area contributed by atoms with Crippen LogP contribution in [0.15, 0.2) is 0 Å². The molecule has 0 aliphatic heterocycles. The third-order valence-electron chi connectivity index (χ3n) is 1.93. The number of ketones is 1. The zero-order valence-corrected chi connectivity index (χ0v) is 7.12. The van der Waals surface area contributed by atoms with Gasteiger partial charge < -0.3 is 5.11 Å².